The summed E-state index contributed by atoms with van der Waals surface area (Å²) in [5.74, 6) is 3.34. The van der Waals surface area contributed by atoms with Gasteiger partial charge in [0.15, 0.2) is 0 Å². The molecule has 0 aliphatic heterocycles. The number of hydrogen-bond donors (Lipinski definition) is 0. The minimum atomic E-state index is 0.384. The predicted octanol–water partition coefficient (Wildman–Crippen LogP) is 6.71. The maximum atomic E-state index is 10.8. The van der Waals surface area contributed by atoms with Crippen molar-refractivity contribution in [2.75, 3.05) is 0 Å². The summed E-state index contributed by atoms with van der Waals surface area (Å²) in [6.07, 6.45) is 25.1. The van der Waals surface area contributed by atoms with Gasteiger partial charge < -0.3 is 4.79 Å². The molecule has 0 atom stereocenters. The van der Waals surface area contributed by atoms with Gasteiger partial charge in [-0.3, -0.25) is 0 Å². The Morgan fingerprint density at radius 1 is 0.739 bits per heavy atom. The molecule has 2 rings (SSSR count). The summed E-state index contributed by atoms with van der Waals surface area (Å²) in [5, 5.41) is 0. The van der Waals surface area contributed by atoms with Gasteiger partial charge in [0.25, 0.3) is 0 Å². The van der Waals surface area contributed by atoms with Crippen LogP contribution in [0.3, 0.4) is 0 Å². The van der Waals surface area contributed by atoms with Crippen LogP contribution in [0.1, 0.15) is 96.8 Å². The standard InChI is InChI=1S/C22H38O/c1-2-3-4-7-19-10-12-20(13-11-19)8-5-6-9-21-14-16-22(18-23)17-15-21/h2-3,18-22H,4-17H2,1H3/t19-,20-,21?,22?. The number of unbranched alkanes of at least 4 members (excludes halogenated alkanes) is 1. The van der Waals surface area contributed by atoms with Gasteiger partial charge in [-0.05, 0) is 63.2 Å². The fourth-order valence-electron chi connectivity index (χ4n) is 4.79. The normalized spacial score (nSPS) is 32.2. The van der Waals surface area contributed by atoms with E-state index in [1.54, 1.807) is 0 Å². The molecule has 0 amide bonds. The first-order valence-corrected chi connectivity index (χ1v) is 10.4. The van der Waals surface area contributed by atoms with Crippen LogP contribution in [0.15, 0.2) is 12.2 Å². The summed E-state index contributed by atoms with van der Waals surface area (Å²) in [6, 6.07) is 0. The van der Waals surface area contributed by atoms with E-state index in [9.17, 15) is 4.79 Å². The molecule has 0 aromatic carbocycles. The highest BCUT2D eigenvalue weighted by Crippen LogP contribution is 2.35. The Labute approximate surface area is 144 Å². The van der Waals surface area contributed by atoms with E-state index >= 15 is 0 Å². The molecule has 0 heterocycles. The maximum Gasteiger partial charge on any atom is 0.123 e. The van der Waals surface area contributed by atoms with E-state index in [0.717, 1.165) is 30.6 Å². The largest absolute Gasteiger partial charge is 0.303 e. The third-order valence-corrected chi connectivity index (χ3v) is 6.50. The van der Waals surface area contributed by atoms with Crippen molar-refractivity contribution >= 4 is 6.29 Å². The Balaban J connectivity index is 1.47. The third kappa shape index (κ3) is 7.23. The summed E-state index contributed by atoms with van der Waals surface area (Å²) < 4.78 is 0. The Morgan fingerprint density at radius 3 is 1.70 bits per heavy atom. The second-order valence-corrected chi connectivity index (χ2v) is 8.23. The van der Waals surface area contributed by atoms with Crippen LogP contribution in [-0.2, 0) is 4.79 Å². The SMILES string of the molecule is CC=CCC[C@H]1CC[C@H](CCCCC2CCC(C=O)CC2)CC1. The number of hydrogen-bond acceptors (Lipinski definition) is 1. The molecule has 23 heavy (non-hydrogen) atoms. The third-order valence-electron chi connectivity index (χ3n) is 6.50. The Kier molecular flexibility index (Phi) is 9.01. The van der Waals surface area contributed by atoms with E-state index in [2.05, 4.69) is 19.1 Å². The van der Waals surface area contributed by atoms with E-state index in [4.69, 9.17) is 0 Å². The van der Waals surface area contributed by atoms with Crippen molar-refractivity contribution in [3.8, 4) is 0 Å². The van der Waals surface area contributed by atoms with Gasteiger partial charge in [0, 0.05) is 5.92 Å². The average Bonchev–Trinajstić information content (AvgIpc) is 2.61. The van der Waals surface area contributed by atoms with Crippen molar-refractivity contribution in [1.29, 1.82) is 0 Å². The number of aldehydes is 1. The molecular weight excluding hydrogens is 280 g/mol. The molecule has 0 radical (unpaired) electrons. The zero-order chi connectivity index (χ0) is 16.3. The molecule has 0 N–H and O–H groups in total. The fourth-order valence-corrected chi connectivity index (χ4v) is 4.79. The topological polar surface area (TPSA) is 17.1 Å². The number of rotatable bonds is 9. The molecular formula is C22H38O. The number of carbonyl (C=O) groups is 1. The molecule has 0 bridgehead atoms. The van der Waals surface area contributed by atoms with E-state index < -0.39 is 0 Å². The Hall–Kier alpha value is -0.590. The van der Waals surface area contributed by atoms with Crippen molar-refractivity contribution in [2.24, 2.45) is 23.7 Å². The van der Waals surface area contributed by atoms with Crippen molar-refractivity contribution in [1.82, 2.24) is 0 Å². The molecule has 132 valence electrons. The first-order chi connectivity index (χ1) is 11.3. The van der Waals surface area contributed by atoms with Crippen molar-refractivity contribution in [3.63, 3.8) is 0 Å². The zero-order valence-corrected chi connectivity index (χ0v) is 15.3. The zero-order valence-electron chi connectivity index (χ0n) is 15.3. The van der Waals surface area contributed by atoms with Crippen LogP contribution in [0.5, 0.6) is 0 Å². The van der Waals surface area contributed by atoms with Crippen molar-refractivity contribution in [2.45, 2.75) is 96.8 Å². The van der Waals surface area contributed by atoms with E-state index in [-0.39, 0.29) is 0 Å². The van der Waals surface area contributed by atoms with Crippen LogP contribution in [-0.4, -0.2) is 6.29 Å². The lowest BCUT2D eigenvalue weighted by Gasteiger charge is -2.29. The van der Waals surface area contributed by atoms with E-state index in [0.29, 0.717) is 5.92 Å². The molecule has 2 aliphatic carbocycles. The summed E-state index contributed by atoms with van der Waals surface area (Å²) in [5.41, 5.74) is 0. The van der Waals surface area contributed by atoms with Crippen molar-refractivity contribution < 1.29 is 4.79 Å². The first-order valence-electron chi connectivity index (χ1n) is 10.4. The molecule has 2 saturated carbocycles. The molecule has 0 aromatic rings. The van der Waals surface area contributed by atoms with Crippen LogP contribution in [0.4, 0.5) is 0 Å². The van der Waals surface area contributed by atoms with Crippen LogP contribution >= 0.6 is 0 Å². The molecule has 1 nitrogen and oxygen atoms in total. The van der Waals surface area contributed by atoms with Crippen LogP contribution in [0.25, 0.3) is 0 Å². The predicted molar refractivity (Wildman–Crippen MR) is 99.5 cm³/mol. The first kappa shape index (κ1) is 18.7. The summed E-state index contributed by atoms with van der Waals surface area (Å²) in [6.45, 7) is 2.13. The minimum Gasteiger partial charge on any atom is -0.303 e. The fraction of sp³-hybridized carbons (Fsp3) is 0.864. The van der Waals surface area contributed by atoms with E-state index in [1.165, 1.54) is 83.3 Å². The van der Waals surface area contributed by atoms with Gasteiger partial charge in [0.2, 0.25) is 0 Å². The molecule has 0 spiro atoms. The molecule has 0 unspecified atom stereocenters. The maximum absolute atomic E-state index is 10.8. The average molecular weight is 319 g/mol. The molecule has 0 aromatic heterocycles. The van der Waals surface area contributed by atoms with Gasteiger partial charge >= 0.3 is 0 Å². The number of allylic oxidation sites excluding steroid dienone is 2. The van der Waals surface area contributed by atoms with Crippen molar-refractivity contribution in [3.05, 3.63) is 12.2 Å². The Bertz CT molecular complexity index is 330. The summed E-state index contributed by atoms with van der Waals surface area (Å²) in [4.78, 5) is 10.8. The van der Waals surface area contributed by atoms with Gasteiger partial charge in [0.05, 0.1) is 0 Å². The monoisotopic (exact) mass is 318 g/mol. The molecule has 0 saturated heterocycles. The van der Waals surface area contributed by atoms with Crippen LogP contribution in [0.2, 0.25) is 0 Å². The van der Waals surface area contributed by atoms with Crippen LogP contribution < -0.4 is 0 Å². The molecule has 2 fully saturated rings. The van der Waals surface area contributed by atoms with Gasteiger partial charge in [-0.25, -0.2) is 0 Å². The second kappa shape index (κ2) is 11.0. The van der Waals surface area contributed by atoms with Gasteiger partial charge in [-0.2, -0.15) is 0 Å². The van der Waals surface area contributed by atoms with Gasteiger partial charge in [0.1, 0.15) is 6.29 Å². The lowest BCUT2D eigenvalue weighted by atomic mass is 9.77. The molecule has 2 aliphatic rings. The van der Waals surface area contributed by atoms with E-state index in [1.807, 2.05) is 0 Å². The molecule has 1 heteroatoms. The lowest BCUT2D eigenvalue weighted by molar-refractivity contribution is -0.112. The second-order valence-electron chi connectivity index (χ2n) is 8.23. The quantitative estimate of drug-likeness (QED) is 0.262. The lowest BCUT2D eigenvalue weighted by Crippen LogP contribution is -2.16. The van der Waals surface area contributed by atoms with Crippen LogP contribution in [0, 0.1) is 23.7 Å². The summed E-state index contributed by atoms with van der Waals surface area (Å²) >= 11 is 0. The summed E-state index contributed by atoms with van der Waals surface area (Å²) in [7, 11) is 0. The van der Waals surface area contributed by atoms with Gasteiger partial charge in [-0.15, -0.1) is 0 Å². The highest BCUT2D eigenvalue weighted by Gasteiger charge is 2.22. The smallest absolute Gasteiger partial charge is 0.123 e. The Morgan fingerprint density at radius 2 is 1.22 bits per heavy atom. The highest BCUT2D eigenvalue weighted by molar-refractivity contribution is 5.53. The number of carbonyl (C=O) groups excluding carboxylic acids is 1. The highest BCUT2D eigenvalue weighted by atomic mass is 16.1. The minimum absolute atomic E-state index is 0.384. The van der Waals surface area contributed by atoms with Gasteiger partial charge in [-0.1, -0.05) is 63.5 Å².